The number of rotatable bonds is 8. The molecule has 0 bridgehead atoms. The van der Waals surface area contributed by atoms with Crippen LogP contribution in [0, 0.1) is 0 Å². The summed E-state index contributed by atoms with van der Waals surface area (Å²) in [4.78, 5) is 0.0855. The van der Waals surface area contributed by atoms with Gasteiger partial charge in [0.25, 0.3) is 0 Å². The van der Waals surface area contributed by atoms with Gasteiger partial charge in [-0.1, -0.05) is 18.2 Å². The summed E-state index contributed by atoms with van der Waals surface area (Å²) in [6, 6.07) is 4.44. The molecule has 0 saturated carbocycles. The minimum atomic E-state index is -3.66. The van der Waals surface area contributed by atoms with Gasteiger partial charge in [0.1, 0.15) is 0 Å². The summed E-state index contributed by atoms with van der Waals surface area (Å²) >= 11 is 5.55. The van der Waals surface area contributed by atoms with Crippen LogP contribution in [0.15, 0.2) is 34.7 Å². The zero-order valence-electron chi connectivity index (χ0n) is 11.5. The van der Waals surface area contributed by atoms with Crippen molar-refractivity contribution in [2.24, 2.45) is 0 Å². The quantitative estimate of drug-likeness (QED) is 0.799. The van der Waals surface area contributed by atoms with E-state index in [0.717, 1.165) is 0 Å². The van der Waals surface area contributed by atoms with E-state index < -0.39 is 10.0 Å². The fourth-order valence-corrected chi connectivity index (χ4v) is 2.64. The lowest BCUT2D eigenvalue weighted by Gasteiger charge is -2.13. The van der Waals surface area contributed by atoms with Crippen molar-refractivity contribution in [2.75, 3.05) is 19.8 Å². The highest BCUT2D eigenvalue weighted by molar-refractivity contribution is 7.89. The van der Waals surface area contributed by atoms with Crippen molar-refractivity contribution in [3.8, 4) is 11.5 Å². The molecule has 0 spiro atoms. The molecule has 1 rings (SSSR count). The van der Waals surface area contributed by atoms with Gasteiger partial charge in [0, 0.05) is 17.6 Å². The van der Waals surface area contributed by atoms with Gasteiger partial charge in [-0.3, -0.25) is 0 Å². The molecule has 0 aliphatic rings. The highest BCUT2D eigenvalue weighted by atomic mass is 35.5. The van der Waals surface area contributed by atoms with Crippen molar-refractivity contribution >= 4 is 21.6 Å². The number of ether oxygens (including phenoxy) is 2. The minimum absolute atomic E-state index is 0.0267. The van der Waals surface area contributed by atoms with Gasteiger partial charge in [-0.05, 0) is 26.0 Å². The SMILES string of the molecule is C=C(Cl)CNS(=O)(=O)c1ccc(OCC)c(OCC)c1. The number of halogens is 1. The van der Waals surface area contributed by atoms with Gasteiger partial charge in [-0.25, -0.2) is 13.1 Å². The average Bonchev–Trinajstić information content (AvgIpc) is 2.39. The van der Waals surface area contributed by atoms with Crippen molar-refractivity contribution in [1.29, 1.82) is 0 Å². The second-order valence-electron chi connectivity index (χ2n) is 3.82. The third-order valence-corrected chi connectivity index (χ3v) is 3.81. The largest absolute Gasteiger partial charge is 0.490 e. The molecule has 0 unspecified atom stereocenters. The molecule has 112 valence electrons. The fraction of sp³-hybridized carbons (Fsp3) is 0.385. The van der Waals surface area contributed by atoms with Crippen LogP contribution in [0.3, 0.4) is 0 Å². The van der Waals surface area contributed by atoms with Gasteiger partial charge in [-0.2, -0.15) is 0 Å². The van der Waals surface area contributed by atoms with Crippen LogP contribution in [0.2, 0.25) is 0 Å². The predicted molar refractivity (Wildman–Crippen MR) is 79.0 cm³/mol. The summed E-state index contributed by atoms with van der Waals surface area (Å²) in [5.41, 5.74) is 0. The molecule has 5 nitrogen and oxygen atoms in total. The molecule has 0 aromatic heterocycles. The molecule has 1 aromatic rings. The third kappa shape index (κ3) is 4.70. The summed E-state index contributed by atoms with van der Waals surface area (Å²) in [5, 5.41) is 0.213. The molecule has 20 heavy (non-hydrogen) atoms. The number of hydrogen-bond acceptors (Lipinski definition) is 4. The van der Waals surface area contributed by atoms with Crippen molar-refractivity contribution < 1.29 is 17.9 Å². The second kappa shape index (κ2) is 7.52. The molecule has 0 fully saturated rings. The van der Waals surface area contributed by atoms with Crippen LogP contribution >= 0.6 is 11.6 Å². The molecule has 0 amide bonds. The molecule has 0 atom stereocenters. The van der Waals surface area contributed by atoms with Gasteiger partial charge in [0.2, 0.25) is 10.0 Å². The Morgan fingerprint density at radius 1 is 1.25 bits per heavy atom. The predicted octanol–water partition coefficient (Wildman–Crippen LogP) is 2.51. The first-order valence-electron chi connectivity index (χ1n) is 6.13. The highest BCUT2D eigenvalue weighted by Gasteiger charge is 2.17. The number of benzene rings is 1. The Morgan fingerprint density at radius 2 is 1.85 bits per heavy atom. The van der Waals surface area contributed by atoms with Crippen LogP contribution in [-0.4, -0.2) is 28.2 Å². The Hall–Kier alpha value is -1.24. The lowest BCUT2D eigenvalue weighted by Crippen LogP contribution is -2.24. The van der Waals surface area contributed by atoms with E-state index >= 15 is 0 Å². The Balaban J connectivity index is 3.06. The topological polar surface area (TPSA) is 64.6 Å². The van der Waals surface area contributed by atoms with E-state index in [-0.39, 0.29) is 16.5 Å². The molecule has 0 radical (unpaired) electrons. The molecule has 0 heterocycles. The lowest BCUT2D eigenvalue weighted by molar-refractivity contribution is 0.287. The van der Waals surface area contributed by atoms with E-state index in [9.17, 15) is 8.42 Å². The molecule has 7 heteroatoms. The van der Waals surface area contributed by atoms with Crippen molar-refractivity contribution in [1.82, 2.24) is 4.72 Å². The molecular weight excluding hydrogens is 302 g/mol. The second-order valence-corrected chi connectivity index (χ2v) is 6.12. The van der Waals surface area contributed by atoms with Crippen molar-refractivity contribution in [3.05, 3.63) is 29.8 Å². The number of sulfonamides is 1. The highest BCUT2D eigenvalue weighted by Crippen LogP contribution is 2.30. The maximum atomic E-state index is 12.1. The minimum Gasteiger partial charge on any atom is -0.490 e. The smallest absolute Gasteiger partial charge is 0.241 e. The summed E-state index contributed by atoms with van der Waals surface area (Å²) < 4.78 is 37.2. The van der Waals surface area contributed by atoms with Crippen LogP contribution in [0.25, 0.3) is 0 Å². The first-order valence-corrected chi connectivity index (χ1v) is 7.99. The molecule has 0 saturated heterocycles. The van der Waals surface area contributed by atoms with Crippen LogP contribution in [0.4, 0.5) is 0 Å². The lowest BCUT2D eigenvalue weighted by atomic mass is 10.3. The van der Waals surface area contributed by atoms with Crippen LogP contribution in [0.1, 0.15) is 13.8 Å². The maximum Gasteiger partial charge on any atom is 0.241 e. The summed E-state index contributed by atoms with van der Waals surface area (Å²) in [5.74, 6) is 0.900. The van der Waals surface area contributed by atoms with E-state index in [4.69, 9.17) is 21.1 Å². The Kier molecular flexibility index (Phi) is 6.32. The van der Waals surface area contributed by atoms with Crippen molar-refractivity contribution in [2.45, 2.75) is 18.7 Å². The van der Waals surface area contributed by atoms with E-state index in [2.05, 4.69) is 11.3 Å². The molecular formula is C13H18ClNO4S. The van der Waals surface area contributed by atoms with E-state index in [1.54, 1.807) is 6.07 Å². The first-order chi connectivity index (χ1) is 9.40. The van der Waals surface area contributed by atoms with E-state index in [1.165, 1.54) is 12.1 Å². The van der Waals surface area contributed by atoms with Crippen LogP contribution in [-0.2, 0) is 10.0 Å². The normalized spacial score (nSPS) is 11.2. The first kappa shape index (κ1) is 16.8. The van der Waals surface area contributed by atoms with Crippen LogP contribution < -0.4 is 14.2 Å². The monoisotopic (exact) mass is 319 g/mol. The van der Waals surface area contributed by atoms with Crippen molar-refractivity contribution in [3.63, 3.8) is 0 Å². The summed E-state index contributed by atoms with van der Waals surface area (Å²) in [6.07, 6.45) is 0. The Morgan fingerprint density at radius 3 is 2.40 bits per heavy atom. The number of nitrogens with one attached hydrogen (secondary N) is 1. The maximum absolute atomic E-state index is 12.1. The molecule has 1 N–H and O–H groups in total. The standard InChI is InChI=1S/C13H18ClNO4S/c1-4-18-12-7-6-11(8-13(12)19-5-2)20(16,17)15-9-10(3)14/h6-8,15H,3-5,9H2,1-2H3. The van der Waals surface area contributed by atoms with Crippen LogP contribution in [0.5, 0.6) is 11.5 Å². The zero-order chi connectivity index (χ0) is 15.2. The number of hydrogen-bond donors (Lipinski definition) is 1. The summed E-state index contributed by atoms with van der Waals surface area (Å²) in [6.45, 7) is 7.94. The van der Waals surface area contributed by atoms with Gasteiger partial charge in [0.05, 0.1) is 18.1 Å². The zero-order valence-corrected chi connectivity index (χ0v) is 13.1. The van der Waals surface area contributed by atoms with Gasteiger partial charge >= 0.3 is 0 Å². The molecule has 0 aliphatic carbocycles. The third-order valence-electron chi connectivity index (χ3n) is 2.28. The van der Waals surface area contributed by atoms with E-state index in [1.807, 2.05) is 13.8 Å². The molecule has 0 aliphatic heterocycles. The van der Waals surface area contributed by atoms with Gasteiger partial charge < -0.3 is 9.47 Å². The Bertz CT molecular complexity index is 572. The summed E-state index contributed by atoms with van der Waals surface area (Å²) in [7, 11) is -3.66. The Labute approximate surface area is 124 Å². The van der Waals surface area contributed by atoms with E-state index in [0.29, 0.717) is 24.7 Å². The molecule has 1 aromatic carbocycles. The average molecular weight is 320 g/mol. The van der Waals surface area contributed by atoms with Gasteiger partial charge in [-0.15, -0.1) is 0 Å². The fourth-order valence-electron chi connectivity index (χ4n) is 1.46. The van der Waals surface area contributed by atoms with Gasteiger partial charge in [0.15, 0.2) is 11.5 Å².